The Kier molecular flexibility index (Phi) is 5.82. The van der Waals surface area contributed by atoms with Crippen LogP contribution < -0.4 is 10.6 Å². The van der Waals surface area contributed by atoms with Gasteiger partial charge in [0.05, 0.1) is 0 Å². The summed E-state index contributed by atoms with van der Waals surface area (Å²) in [5, 5.41) is 5.90. The molecule has 0 saturated carbocycles. The van der Waals surface area contributed by atoms with Crippen molar-refractivity contribution >= 4 is 27.5 Å². The number of anilines is 1. The standard InChI is InChI=1S/C12H15BrN2O/c1-2-7-14-8-6-12(16)15-11-5-3-4-10(13)9-11/h2-5,9,14H,1,6-8H2,(H,15,16). The molecule has 1 aromatic carbocycles. The van der Waals surface area contributed by atoms with Crippen LogP contribution in [-0.2, 0) is 4.79 Å². The van der Waals surface area contributed by atoms with Crippen molar-refractivity contribution in [1.29, 1.82) is 0 Å². The van der Waals surface area contributed by atoms with Gasteiger partial charge in [0, 0.05) is 29.7 Å². The Morgan fingerprint density at radius 1 is 1.50 bits per heavy atom. The highest BCUT2D eigenvalue weighted by atomic mass is 79.9. The first-order valence-electron chi connectivity index (χ1n) is 5.09. The lowest BCUT2D eigenvalue weighted by Crippen LogP contribution is -2.21. The van der Waals surface area contributed by atoms with Crippen LogP contribution in [0.25, 0.3) is 0 Å². The van der Waals surface area contributed by atoms with Crippen LogP contribution in [-0.4, -0.2) is 19.0 Å². The van der Waals surface area contributed by atoms with E-state index < -0.39 is 0 Å². The Morgan fingerprint density at radius 2 is 2.31 bits per heavy atom. The van der Waals surface area contributed by atoms with Gasteiger partial charge in [-0.15, -0.1) is 6.58 Å². The minimum Gasteiger partial charge on any atom is -0.326 e. The maximum atomic E-state index is 11.5. The van der Waals surface area contributed by atoms with Crippen LogP contribution in [0.2, 0.25) is 0 Å². The Hall–Kier alpha value is -1.13. The maximum absolute atomic E-state index is 11.5. The molecule has 0 spiro atoms. The number of hydrogen-bond acceptors (Lipinski definition) is 2. The molecule has 0 heterocycles. The first-order chi connectivity index (χ1) is 7.72. The molecule has 1 aromatic rings. The first kappa shape index (κ1) is 12.9. The summed E-state index contributed by atoms with van der Waals surface area (Å²) in [6, 6.07) is 7.53. The molecule has 16 heavy (non-hydrogen) atoms. The number of halogens is 1. The zero-order chi connectivity index (χ0) is 11.8. The molecule has 0 aliphatic carbocycles. The highest BCUT2D eigenvalue weighted by Gasteiger charge is 2.01. The smallest absolute Gasteiger partial charge is 0.225 e. The van der Waals surface area contributed by atoms with E-state index in [0.717, 1.165) is 16.7 Å². The topological polar surface area (TPSA) is 41.1 Å². The predicted octanol–water partition coefficient (Wildman–Crippen LogP) is 2.55. The molecule has 0 radical (unpaired) electrons. The quantitative estimate of drug-likeness (QED) is 0.622. The summed E-state index contributed by atoms with van der Waals surface area (Å²) >= 11 is 3.35. The van der Waals surface area contributed by atoms with Gasteiger partial charge in [0.15, 0.2) is 0 Å². The molecule has 4 heteroatoms. The van der Waals surface area contributed by atoms with Crippen LogP contribution in [0.5, 0.6) is 0 Å². The largest absolute Gasteiger partial charge is 0.326 e. The number of amides is 1. The van der Waals surface area contributed by atoms with Crippen LogP contribution in [0.4, 0.5) is 5.69 Å². The van der Waals surface area contributed by atoms with Crippen molar-refractivity contribution in [2.24, 2.45) is 0 Å². The molecule has 0 saturated heterocycles. The van der Waals surface area contributed by atoms with Gasteiger partial charge in [0.25, 0.3) is 0 Å². The van der Waals surface area contributed by atoms with Gasteiger partial charge >= 0.3 is 0 Å². The minimum absolute atomic E-state index is 0.00895. The number of carbonyl (C=O) groups is 1. The summed E-state index contributed by atoms with van der Waals surface area (Å²) in [7, 11) is 0. The number of rotatable bonds is 6. The molecule has 0 aliphatic heterocycles. The van der Waals surface area contributed by atoms with E-state index in [1.807, 2.05) is 24.3 Å². The second kappa shape index (κ2) is 7.19. The molecular formula is C12H15BrN2O. The third kappa shape index (κ3) is 5.09. The molecule has 86 valence electrons. The van der Waals surface area contributed by atoms with Gasteiger partial charge in [0.2, 0.25) is 5.91 Å². The van der Waals surface area contributed by atoms with Crippen LogP contribution in [0.15, 0.2) is 41.4 Å². The van der Waals surface area contributed by atoms with Crippen molar-refractivity contribution < 1.29 is 4.79 Å². The van der Waals surface area contributed by atoms with Crippen LogP contribution >= 0.6 is 15.9 Å². The number of hydrogen-bond donors (Lipinski definition) is 2. The fourth-order valence-electron chi connectivity index (χ4n) is 1.20. The number of carbonyl (C=O) groups excluding carboxylic acids is 1. The highest BCUT2D eigenvalue weighted by Crippen LogP contribution is 2.15. The van der Waals surface area contributed by atoms with Gasteiger partial charge in [-0.1, -0.05) is 28.1 Å². The fourth-order valence-corrected chi connectivity index (χ4v) is 1.60. The average Bonchev–Trinajstić information content (AvgIpc) is 2.24. The fraction of sp³-hybridized carbons (Fsp3) is 0.250. The summed E-state index contributed by atoms with van der Waals surface area (Å²) in [4.78, 5) is 11.5. The van der Waals surface area contributed by atoms with E-state index in [-0.39, 0.29) is 5.91 Å². The lowest BCUT2D eigenvalue weighted by Gasteiger charge is -2.05. The van der Waals surface area contributed by atoms with Gasteiger partial charge in [-0.3, -0.25) is 4.79 Å². The summed E-state index contributed by atoms with van der Waals surface area (Å²) in [5.74, 6) is 0.00895. The summed E-state index contributed by atoms with van der Waals surface area (Å²) in [5.41, 5.74) is 0.808. The summed E-state index contributed by atoms with van der Waals surface area (Å²) < 4.78 is 0.954. The average molecular weight is 283 g/mol. The monoisotopic (exact) mass is 282 g/mol. The first-order valence-corrected chi connectivity index (χ1v) is 5.88. The van der Waals surface area contributed by atoms with Crippen molar-refractivity contribution in [3.8, 4) is 0 Å². The van der Waals surface area contributed by atoms with Crippen molar-refractivity contribution in [3.05, 3.63) is 41.4 Å². The lowest BCUT2D eigenvalue weighted by molar-refractivity contribution is -0.116. The summed E-state index contributed by atoms with van der Waals surface area (Å²) in [6.45, 7) is 4.97. The lowest BCUT2D eigenvalue weighted by atomic mass is 10.3. The zero-order valence-electron chi connectivity index (χ0n) is 9.00. The Bertz CT molecular complexity index is 366. The van der Waals surface area contributed by atoms with E-state index in [1.165, 1.54) is 0 Å². The van der Waals surface area contributed by atoms with Crippen molar-refractivity contribution in [2.75, 3.05) is 18.4 Å². The van der Waals surface area contributed by atoms with Crippen LogP contribution in [0.3, 0.4) is 0 Å². The van der Waals surface area contributed by atoms with Gasteiger partial charge in [0.1, 0.15) is 0 Å². The molecule has 0 unspecified atom stereocenters. The Morgan fingerprint density at radius 3 is 3.00 bits per heavy atom. The van der Waals surface area contributed by atoms with E-state index in [9.17, 15) is 4.79 Å². The SMILES string of the molecule is C=CCNCCC(=O)Nc1cccc(Br)c1. The van der Waals surface area contributed by atoms with E-state index in [0.29, 0.717) is 13.0 Å². The van der Waals surface area contributed by atoms with E-state index in [2.05, 4.69) is 33.1 Å². The summed E-state index contributed by atoms with van der Waals surface area (Å²) in [6.07, 6.45) is 2.23. The molecule has 0 atom stereocenters. The van der Waals surface area contributed by atoms with Crippen molar-refractivity contribution in [3.63, 3.8) is 0 Å². The predicted molar refractivity (Wildman–Crippen MR) is 70.5 cm³/mol. The van der Waals surface area contributed by atoms with Crippen molar-refractivity contribution in [2.45, 2.75) is 6.42 Å². The molecule has 2 N–H and O–H groups in total. The second-order valence-electron chi connectivity index (χ2n) is 3.30. The number of benzene rings is 1. The zero-order valence-corrected chi connectivity index (χ0v) is 10.6. The maximum Gasteiger partial charge on any atom is 0.225 e. The molecule has 3 nitrogen and oxygen atoms in total. The minimum atomic E-state index is 0.00895. The second-order valence-corrected chi connectivity index (χ2v) is 4.22. The van der Waals surface area contributed by atoms with Gasteiger partial charge in [-0.05, 0) is 18.2 Å². The normalized spacial score (nSPS) is 9.81. The third-order valence-corrected chi connectivity index (χ3v) is 2.42. The highest BCUT2D eigenvalue weighted by molar-refractivity contribution is 9.10. The van der Waals surface area contributed by atoms with Gasteiger partial charge < -0.3 is 10.6 Å². The van der Waals surface area contributed by atoms with E-state index >= 15 is 0 Å². The number of nitrogens with one attached hydrogen (secondary N) is 2. The van der Waals surface area contributed by atoms with E-state index in [4.69, 9.17) is 0 Å². The van der Waals surface area contributed by atoms with Gasteiger partial charge in [-0.25, -0.2) is 0 Å². The molecule has 0 aromatic heterocycles. The molecule has 1 rings (SSSR count). The Balaban J connectivity index is 2.31. The third-order valence-electron chi connectivity index (χ3n) is 1.93. The molecular weight excluding hydrogens is 268 g/mol. The van der Waals surface area contributed by atoms with Gasteiger partial charge in [-0.2, -0.15) is 0 Å². The molecule has 0 fully saturated rings. The molecule has 0 bridgehead atoms. The molecule has 1 amide bonds. The van der Waals surface area contributed by atoms with Crippen LogP contribution in [0.1, 0.15) is 6.42 Å². The van der Waals surface area contributed by atoms with Crippen molar-refractivity contribution in [1.82, 2.24) is 5.32 Å². The Labute approximate surface area is 104 Å². The van der Waals surface area contributed by atoms with E-state index in [1.54, 1.807) is 6.08 Å². The van der Waals surface area contributed by atoms with Crippen LogP contribution in [0, 0.1) is 0 Å². The molecule has 0 aliphatic rings.